The average Bonchev–Trinajstić information content (AvgIpc) is 2.31. The molecule has 0 spiro atoms. The number of halogens is 3. The summed E-state index contributed by atoms with van der Waals surface area (Å²) in [6, 6.07) is 2.02. The molecule has 0 bridgehead atoms. The molecule has 0 unspecified atom stereocenters. The number of aromatic nitrogens is 1. The summed E-state index contributed by atoms with van der Waals surface area (Å²) in [6.45, 7) is 0. The third kappa shape index (κ3) is 1.34. The Bertz CT molecular complexity index is 292. The van der Waals surface area contributed by atoms with Crippen LogP contribution in [0.3, 0.4) is 0 Å². The zero-order valence-corrected chi connectivity index (χ0v) is 5.26. The first-order valence-electron chi connectivity index (χ1n) is 2.70. The van der Waals surface area contributed by atoms with E-state index in [2.05, 4.69) is 0 Å². The molecule has 11 heavy (non-hydrogen) atoms. The van der Waals surface area contributed by atoms with Crippen molar-refractivity contribution in [2.24, 2.45) is 0 Å². The molecule has 0 saturated carbocycles. The third-order valence-electron chi connectivity index (χ3n) is 1.15. The highest BCUT2D eigenvalue weighted by atomic mass is 19.4. The molecule has 2 nitrogen and oxygen atoms in total. The summed E-state index contributed by atoms with van der Waals surface area (Å²) in [7, 11) is 0. The van der Waals surface area contributed by atoms with Crippen molar-refractivity contribution in [3.05, 3.63) is 24.0 Å². The van der Waals surface area contributed by atoms with Crippen molar-refractivity contribution in [1.82, 2.24) is 4.57 Å². The van der Waals surface area contributed by atoms with Gasteiger partial charge in [-0.15, -0.1) is 0 Å². The Morgan fingerprint density at radius 3 is 2.45 bits per heavy atom. The van der Waals surface area contributed by atoms with Gasteiger partial charge in [-0.3, -0.25) is 0 Å². The predicted molar refractivity (Wildman–Crippen MR) is 30.4 cm³/mol. The van der Waals surface area contributed by atoms with Gasteiger partial charge in [0.15, 0.2) is 6.19 Å². The first-order chi connectivity index (χ1) is 5.05. The Balaban J connectivity index is 3.15. The second kappa shape index (κ2) is 2.31. The fourth-order valence-electron chi connectivity index (χ4n) is 0.699. The summed E-state index contributed by atoms with van der Waals surface area (Å²) in [6.07, 6.45) is -2.01. The van der Waals surface area contributed by atoms with Gasteiger partial charge in [0.1, 0.15) is 5.69 Å². The molecule has 1 aromatic heterocycles. The predicted octanol–water partition coefficient (Wildman–Crippen LogP) is 1.84. The maximum absolute atomic E-state index is 11.9. The van der Waals surface area contributed by atoms with Crippen molar-refractivity contribution in [3.8, 4) is 6.19 Å². The lowest BCUT2D eigenvalue weighted by molar-refractivity contribution is -0.142. The van der Waals surface area contributed by atoms with E-state index in [4.69, 9.17) is 5.26 Å². The highest BCUT2D eigenvalue weighted by Gasteiger charge is 2.33. The van der Waals surface area contributed by atoms with Crippen molar-refractivity contribution in [3.63, 3.8) is 0 Å². The minimum absolute atomic E-state index is 0.472. The molecule has 1 rings (SSSR count). The van der Waals surface area contributed by atoms with Crippen LogP contribution in [0.1, 0.15) is 5.69 Å². The molecule has 0 amide bonds. The fourth-order valence-corrected chi connectivity index (χ4v) is 0.699. The van der Waals surface area contributed by atoms with Gasteiger partial charge >= 0.3 is 6.18 Å². The maximum atomic E-state index is 11.9. The van der Waals surface area contributed by atoms with Crippen LogP contribution in [0.2, 0.25) is 0 Å². The molecule has 5 heteroatoms. The number of alkyl halides is 3. The molecule has 58 valence electrons. The van der Waals surface area contributed by atoms with Crippen molar-refractivity contribution < 1.29 is 13.2 Å². The van der Waals surface area contributed by atoms with Crippen molar-refractivity contribution in [1.29, 1.82) is 5.26 Å². The van der Waals surface area contributed by atoms with Gasteiger partial charge in [0.05, 0.1) is 0 Å². The second-order valence-electron chi connectivity index (χ2n) is 1.86. The van der Waals surface area contributed by atoms with Crippen LogP contribution in [0.15, 0.2) is 18.3 Å². The van der Waals surface area contributed by atoms with E-state index in [1.54, 1.807) is 0 Å². The Kier molecular flexibility index (Phi) is 1.61. The standard InChI is InChI=1S/C6H3F3N2/c7-6(8,9)5-2-1-3-11(5)4-10/h1-3H. The summed E-state index contributed by atoms with van der Waals surface area (Å²) in [4.78, 5) is 0. The molecule has 1 heterocycles. The Morgan fingerprint density at radius 1 is 1.45 bits per heavy atom. The summed E-state index contributed by atoms with van der Waals surface area (Å²) in [5.41, 5.74) is -0.944. The molecular formula is C6H3F3N2. The van der Waals surface area contributed by atoms with Gasteiger partial charge in [-0.25, -0.2) is 4.57 Å². The van der Waals surface area contributed by atoms with Crippen LogP contribution < -0.4 is 0 Å². The number of nitrogens with zero attached hydrogens (tertiary/aromatic N) is 2. The highest BCUT2D eigenvalue weighted by molar-refractivity contribution is 5.14. The first-order valence-corrected chi connectivity index (χ1v) is 2.70. The van der Waals surface area contributed by atoms with Gasteiger partial charge in [0.2, 0.25) is 0 Å². The quantitative estimate of drug-likeness (QED) is 0.569. The Labute approximate surface area is 60.5 Å². The van der Waals surface area contributed by atoms with E-state index < -0.39 is 11.9 Å². The van der Waals surface area contributed by atoms with E-state index in [9.17, 15) is 13.2 Å². The van der Waals surface area contributed by atoms with Crippen LogP contribution in [-0.2, 0) is 6.18 Å². The smallest absolute Gasteiger partial charge is 0.250 e. The molecule has 0 aliphatic rings. The number of rotatable bonds is 0. The molecule has 0 aliphatic heterocycles. The molecule has 0 N–H and O–H groups in total. The monoisotopic (exact) mass is 160 g/mol. The largest absolute Gasteiger partial charge is 0.432 e. The lowest BCUT2D eigenvalue weighted by Gasteiger charge is -2.04. The maximum Gasteiger partial charge on any atom is 0.432 e. The molecule has 0 fully saturated rings. The Morgan fingerprint density at radius 2 is 2.09 bits per heavy atom. The lowest BCUT2D eigenvalue weighted by atomic mass is 10.4. The van der Waals surface area contributed by atoms with E-state index >= 15 is 0 Å². The third-order valence-corrected chi connectivity index (χ3v) is 1.15. The van der Waals surface area contributed by atoms with Crippen LogP contribution in [0.25, 0.3) is 0 Å². The van der Waals surface area contributed by atoms with Gasteiger partial charge in [-0.05, 0) is 12.1 Å². The molecular weight excluding hydrogens is 157 g/mol. The molecule has 1 aromatic rings. The van der Waals surface area contributed by atoms with Crippen LogP contribution in [0.5, 0.6) is 0 Å². The fraction of sp³-hybridized carbons (Fsp3) is 0.167. The van der Waals surface area contributed by atoms with Crippen LogP contribution in [0.4, 0.5) is 13.2 Å². The van der Waals surface area contributed by atoms with Gasteiger partial charge in [-0.1, -0.05) is 0 Å². The summed E-state index contributed by atoms with van der Waals surface area (Å²) in [5, 5.41) is 8.18. The van der Waals surface area contributed by atoms with Gasteiger partial charge in [0, 0.05) is 6.20 Å². The Hall–Kier alpha value is -1.44. The number of nitriles is 1. The van der Waals surface area contributed by atoms with Crippen molar-refractivity contribution >= 4 is 0 Å². The summed E-state index contributed by atoms with van der Waals surface area (Å²) in [5.74, 6) is 0. The first kappa shape index (κ1) is 7.66. The van der Waals surface area contributed by atoms with Crippen LogP contribution in [-0.4, -0.2) is 4.57 Å². The zero-order chi connectivity index (χ0) is 8.48. The van der Waals surface area contributed by atoms with E-state index in [1.165, 1.54) is 12.3 Å². The van der Waals surface area contributed by atoms with Crippen molar-refractivity contribution in [2.75, 3.05) is 0 Å². The lowest BCUT2D eigenvalue weighted by Crippen LogP contribution is -2.09. The summed E-state index contributed by atoms with van der Waals surface area (Å²) >= 11 is 0. The van der Waals surface area contributed by atoms with Crippen LogP contribution >= 0.6 is 0 Å². The number of hydrogen-bond acceptors (Lipinski definition) is 1. The molecule has 0 saturated heterocycles. The molecule has 0 atom stereocenters. The SMILES string of the molecule is N#Cn1cccc1C(F)(F)F. The van der Waals surface area contributed by atoms with Gasteiger partial charge in [-0.2, -0.15) is 18.4 Å². The van der Waals surface area contributed by atoms with E-state index in [0.29, 0.717) is 4.57 Å². The highest BCUT2D eigenvalue weighted by Crippen LogP contribution is 2.28. The van der Waals surface area contributed by atoms with E-state index in [-0.39, 0.29) is 0 Å². The van der Waals surface area contributed by atoms with Gasteiger partial charge in [0.25, 0.3) is 0 Å². The molecule has 0 radical (unpaired) electrons. The minimum atomic E-state index is -4.45. The zero-order valence-electron chi connectivity index (χ0n) is 5.26. The normalized spacial score (nSPS) is 11.1. The topological polar surface area (TPSA) is 28.7 Å². The second-order valence-corrected chi connectivity index (χ2v) is 1.86. The minimum Gasteiger partial charge on any atom is -0.250 e. The average molecular weight is 160 g/mol. The van der Waals surface area contributed by atoms with Gasteiger partial charge < -0.3 is 0 Å². The van der Waals surface area contributed by atoms with E-state index in [0.717, 1.165) is 12.3 Å². The molecule has 0 aliphatic carbocycles. The van der Waals surface area contributed by atoms with E-state index in [1.807, 2.05) is 0 Å². The number of hydrogen-bond donors (Lipinski definition) is 0. The summed E-state index contributed by atoms with van der Waals surface area (Å²) < 4.78 is 36.2. The van der Waals surface area contributed by atoms with Crippen LogP contribution in [0, 0.1) is 11.5 Å². The molecule has 0 aromatic carbocycles. The van der Waals surface area contributed by atoms with Crippen molar-refractivity contribution in [2.45, 2.75) is 6.18 Å².